The lowest BCUT2D eigenvalue weighted by atomic mass is 9.96. The van der Waals surface area contributed by atoms with Gasteiger partial charge in [-0.1, -0.05) is 18.2 Å². The summed E-state index contributed by atoms with van der Waals surface area (Å²) >= 11 is 0. The maximum atomic E-state index is 13.7. The molecule has 0 aliphatic carbocycles. The minimum atomic E-state index is -0.652. The summed E-state index contributed by atoms with van der Waals surface area (Å²) in [5.41, 5.74) is 1.69. The summed E-state index contributed by atoms with van der Waals surface area (Å²) in [5, 5.41) is 0. The molecule has 2 aromatic rings. The molecule has 0 aromatic heterocycles. The molecule has 0 unspecified atom stereocenters. The zero-order chi connectivity index (χ0) is 21.7. The van der Waals surface area contributed by atoms with Crippen molar-refractivity contribution >= 4 is 17.7 Å². The molecular weight excluding hydrogens is 389 g/mol. The Hall–Kier alpha value is -3.22. The van der Waals surface area contributed by atoms with E-state index in [-0.39, 0.29) is 23.1 Å². The smallest absolute Gasteiger partial charge is 0.309 e. The summed E-state index contributed by atoms with van der Waals surface area (Å²) in [7, 11) is 1.33. The van der Waals surface area contributed by atoms with E-state index in [9.17, 15) is 18.8 Å². The highest BCUT2D eigenvalue weighted by Crippen LogP contribution is 2.22. The Kier molecular flexibility index (Phi) is 6.82. The molecule has 1 aliphatic heterocycles. The van der Waals surface area contributed by atoms with Gasteiger partial charge in [-0.05, 0) is 49.6 Å². The molecule has 3 rings (SSSR count). The van der Waals surface area contributed by atoms with Gasteiger partial charge in [0.2, 0.25) is 0 Å². The van der Waals surface area contributed by atoms with Crippen LogP contribution in [0, 0.1) is 18.7 Å². The van der Waals surface area contributed by atoms with E-state index in [1.165, 1.54) is 19.2 Å². The fourth-order valence-electron chi connectivity index (χ4n) is 3.48. The fourth-order valence-corrected chi connectivity index (χ4v) is 3.48. The highest BCUT2D eigenvalue weighted by molar-refractivity contribution is 5.98. The van der Waals surface area contributed by atoms with E-state index in [1.807, 2.05) is 25.1 Å². The Morgan fingerprint density at radius 3 is 2.43 bits per heavy atom. The van der Waals surface area contributed by atoms with E-state index in [2.05, 4.69) is 0 Å². The number of esters is 1. The van der Waals surface area contributed by atoms with Gasteiger partial charge < -0.3 is 14.4 Å². The quantitative estimate of drug-likeness (QED) is 0.536. The van der Waals surface area contributed by atoms with Crippen molar-refractivity contribution in [1.29, 1.82) is 0 Å². The molecule has 30 heavy (non-hydrogen) atoms. The van der Waals surface area contributed by atoms with Gasteiger partial charge in [0, 0.05) is 24.2 Å². The van der Waals surface area contributed by atoms with Crippen LogP contribution in [-0.4, -0.2) is 49.4 Å². The Balaban J connectivity index is 1.49. The first kappa shape index (κ1) is 21.5. The second-order valence-electron chi connectivity index (χ2n) is 7.26. The van der Waals surface area contributed by atoms with Crippen molar-refractivity contribution in [3.8, 4) is 5.75 Å². The lowest BCUT2D eigenvalue weighted by molar-refractivity contribution is -0.148. The summed E-state index contributed by atoms with van der Waals surface area (Å²) in [6, 6.07) is 11.2. The maximum Gasteiger partial charge on any atom is 0.309 e. The van der Waals surface area contributed by atoms with E-state index >= 15 is 0 Å². The van der Waals surface area contributed by atoms with Crippen molar-refractivity contribution in [3.63, 3.8) is 0 Å². The largest absolute Gasteiger partial charge is 0.494 e. The van der Waals surface area contributed by atoms with Crippen LogP contribution in [0.25, 0.3) is 0 Å². The standard InChI is InChI=1S/C23H24FNO5/c1-15-5-3-4-6-18(15)22(27)25-11-9-16(10-12-25)23(28)30-14-20(26)17-7-8-21(29-2)19(24)13-17/h3-8,13,16H,9-12,14H2,1-2H3. The van der Waals surface area contributed by atoms with Gasteiger partial charge in [0.05, 0.1) is 13.0 Å². The number of halogens is 1. The van der Waals surface area contributed by atoms with Gasteiger partial charge in [-0.15, -0.1) is 0 Å². The number of amides is 1. The van der Waals surface area contributed by atoms with Crippen molar-refractivity contribution in [2.75, 3.05) is 26.8 Å². The molecule has 0 bridgehead atoms. The second-order valence-corrected chi connectivity index (χ2v) is 7.26. The van der Waals surface area contributed by atoms with Crippen LogP contribution in [0.15, 0.2) is 42.5 Å². The van der Waals surface area contributed by atoms with E-state index in [1.54, 1.807) is 11.0 Å². The molecule has 1 heterocycles. The van der Waals surface area contributed by atoms with E-state index in [0.29, 0.717) is 31.5 Å². The summed E-state index contributed by atoms with van der Waals surface area (Å²) in [6.07, 6.45) is 0.948. The van der Waals surface area contributed by atoms with Gasteiger partial charge in [-0.3, -0.25) is 14.4 Å². The lowest BCUT2D eigenvalue weighted by Gasteiger charge is -2.31. The van der Waals surface area contributed by atoms with Crippen molar-refractivity contribution in [2.24, 2.45) is 5.92 Å². The van der Waals surface area contributed by atoms with Crippen LogP contribution in [0.4, 0.5) is 4.39 Å². The molecule has 0 saturated carbocycles. The molecule has 2 aromatic carbocycles. The number of carbonyl (C=O) groups is 3. The van der Waals surface area contributed by atoms with Gasteiger partial charge in [-0.2, -0.15) is 0 Å². The van der Waals surface area contributed by atoms with Crippen LogP contribution in [0.1, 0.15) is 39.1 Å². The molecular formula is C23H24FNO5. The number of hydrogen-bond acceptors (Lipinski definition) is 5. The molecule has 0 radical (unpaired) electrons. The summed E-state index contributed by atoms with van der Waals surface area (Å²) in [6.45, 7) is 2.34. The zero-order valence-electron chi connectivity index (χ0n) is 17.0. The predicted molar refractivity (Wildman–Crippen MR) is 108 cm³/mol. The van der Waals surface area contributed by atoms with E-state index in [4.69, 9.17) is 9.47 Å². The minimum absolute atomic E-state index is 0.0375. The molecule has 158 valence electrons. The molecule has 0 atom stereocenters. The third-order valence-corrected chi connectivity index (χ3v) is 5.31. The number of Topliss-reactive ketones (excluding diaryl/α,β-unsaturated/α-hetero) is 1. The molecule has 7 heteroatoms. The number of likely N-dealkylation sites (tertiary alicyclic amines) is 1. The highest BCUT2D eigenvalue weighted by atomic mass is 19.1. The van der Waals surface area contributed by atoms with Crippen LogP contribution in [-0.2, 0) is 9.53 Å². The van der Waals surface area contributed by atoms with E-state index < -0.39 is 24.2 Å². The number of aryl methyl sites for hydroxylation is 1. The van der Waals surface area contributed by atoms with Crippen LogP contribution >= 0.6 is 0 Å². The van der Waals surface area contributed by atoms with Crippen molar-refractivity contribution < 1.29 is 28.2 Å². The number of nitrogens with zero attached hydrogens (tertiary/aromatic N) is 1. The van der Waals surface area contributed by atoms with E-state index in [0.717, 1.165) is 11.6 Å². The van der Waals surface area contributed by atoms with Gasteiger partial charge in [0.15, 0.2) is 24.0 Å². The normalized spacial score (nSPS) is 14.3. The van der Waals surface area contributed by atoms with Crippen molar-refractivity contribution in [2.45, 2.75) is 19.8 Å². The SMILES string of the molecule is COc1ccc(C(=O)COC(=O)C2CCN(C(=O)c3ccccc3C)CC2)cc1F. The predicted octanol–water partition coefficient (Wildman–Crippen LogP) is 3.42. The third kappa shape index (κ3) is 4.84. The summed E-state index contributed by atoms with van der Waals surface area (Å²) in [5.74, 6) is -1.99. The number of carbonyl (C=O) groups excluding carboxylic acids is 3. The Morgan fingerprint density at radius 1 is 1.10 bits per heavy atom. The first-order valence-corrected chi connectivity index (χ1v) is 9.79. The molecule has 1 fully saturated rings. The number of piperidine rings is 1. The highest BCUT2D eigenvalue weighted by Gasteiger charge is 2.29. The average Bonchev–Trinajstić information content (AvgIpc) is 2.77. The Labute approximate surface area is 174 Å². The Bertz CT molecular complexity index is 950. The number of ether oxygens (including phenoxy) is 2. The minimum Gasteiger partial charge on any atom is -0.494 e. The molecule has 6 nitrogen and oxygen atoms in total. The van der Waals surface area contributed by atoms with Crippen LogP contribution in [0.2, 0.25) is 0 Å². The number of hydrogen-bond donors (Lipinski definition) is 0. The first-order chi connectivity index (χ1) is 14.4. The molecule has 1 aliphatic rings. The van der Waals surface area contributed by atoms with Crippen molar-refractivity contribution in [1.82, 2.24) is 4.90 Å². The van der Waals surface area contributed by atoms with Crippen molar-refractivity contribution in [3.05, 3.63) is 65.0 Å². The van der Waals surface area contributed by atoms with Gasteiger partial charge in [-0.25, -0.2) is 4.39 Å². The number of ketones is 1. The molecule has 1 amide bonds. The van der Waals surface area contributed by atoms with Gasteiger partial charge >= 0.3 is 5.97 Å². The fraction of sp³-hybridized carbons (Fsp3) is 0.348. The average molecular weight is 413 g/mol. The van der Waals surface area contributed by atoms with Crippen LogP contribution in [0.5, 0.6) is 5.75 Å². The topological polar surface area (TPSA) is 72.9 Å². The zero-order valence-corrected chi connectivity index (χ0v) is 17.0. The maximum absolute atomic E-state index is 13.7. The van der Waals surface area contributed by atoms with Crippen LogP contribution < -0.4 is 4.74 Å². The lowest BCUT2D eigenvalue weighted by Crippen LogP contribution is -2.41. The third-order valence-electron chi connectivity index (χ3n) is 5.31. The summed E-state index contributed by atoms with van der Waals surface area (Å²) in [4.78, 5) is 38.9. The van der Waals surface area contributed by atoms with Crippen LogP contribution in [0.3, 0.4) is 0 Å². The monoisotopic (exact) mass is 413 g/mol. The van der Waals surface area contributed by atoms with Gasteiger partial charge in [0.1, 0.15) is 0 Å². The Morgan fingerprint density at radius 2 is 1.80 bits per heavy atom. The second kappa shape index (κ2) is 9.52. The molecule has 0 N–H and O–H groups in total. The first-order valence-electron chi connectivity index (χ1n) is 9.79. The molecule has 0 spiro atoms. The summed E-state index contributed by atoms with van der Waals surface area (Å²) < 4.78 is 23.7. The number of benzene rings is 2. The number of rotatable bonds is 6. The molecule has 1 saturated heterocycles. The number of methoxy groups -OCH3 is 1. The van der Waals surface area contributed by atoms with Gasteiger partial charge in [0.25, 0.3) is 5.91 Å².